The summed E-state index contributed by atoms with van der Waals surface area (Å²) in [6.45, 7) is 4.52. The predicted octanol–water partition coefficient (Wildman–Crippen LogP) is 8.84. The topological polar surface area (TPSA) is 9.23 Å². The highest BCUT2D eigenvalue weighted by Crippen LogP contribution is 2.42. The van der Waals surface area contributed by atoms with Crippen LogP contribution in [0.3, 0.4) is 0 Å². The third-order valence-corrected chi connectivity index (χ3v) is 7.97. The van der Waals surface area contributed by atoms with E-state index in [2.05, 4.69) is 6.92 Å². The minimum Gasteiger partial charge on any atom is -0.490 e. The first-order valence-electron chi connectivity index (χ1n) is 12.8. The molecule has 0 atom stereocenters. The number of aryl methyl sites for hydroxylation is 1. The second-order valence-electron chi connectivity index (χ2n) is 10.3. The summed E-state index contributed by atoms with van der Waals surface area (Å²) in [6.07, 6.45) is 10.00. The average Bonchev–Trinajstić information content (AvgIpc) is 2.82. The van der Waals surface area contributed by atoms with Crippen LogP contribution in [0.2, 0.25) is 0 Å². The van der Waals surface area contributed by atoms with Gasteiger partial charge in [-0.05, 0) is 111 Å². The van der Waals surface area contributed by atoms with E-state index in [0.717, 1.165) is 62.8 Å². The summed E-state index contributed by atoms with van der Waals surface area (Å²) in [4.78, 5) is 0. The fourth-order valence-electron chi connectivity index (χ4n) is 5.95. The van der Waals surface area contributed by atoms with Crippen molar-refractivity contribution in [3.05, 3.63) is 64.5 Å². The zero-order chi connectivity index (χ0) is 23.4. The van der Waals surface area contributed by atoms with Crippen LogP contribution in [0.1, 0.15) is 99.7 Å². The Morgan fingerprint density at radius 1 is 0.758 bits per heavy atom. The van der Waals surface area contributed by atoms with Crippen LogP contribution >= 0.6 is 0 Å². The van der Waals surface area contributed by atoms with E-state index in [0.29, 0.717) is 23.7 Å². The molecule has 0 N–H and O–H groups in total. The molecule has 2 aliphatic carbocycles. The van der Waals surface area contributed by atoms with Gasteiger partial charge in [-0.25, -0.2) is 13.2 Å². The lowest BCUT2D eigenvalue weighted by atomic mass is 9.75. The molecular formula is C29H37F3O. The molecule has 4 heteroatoms. The second-order valence-corrected chi connectivity index (χ2v) is 10.3. The molecule has 2 fully saturated rings. The molecule has 2 aliphatic rings. The van der Waals surface area contributed by atoms with Crippen molar-refractivity contribution in [1.82, 2.24) is 0 Å². The van der Waals surface area contributed by atoms with Crippen molar-refractivity contribution in [1.29, 1.82) is 0 Å². The van der Waals surface area contributed by atoms with E-state index in [1.165, 1.54) is 18.9 Å². The Balaban J connectivity index is 1.32. The molecule has 0 radical (unpaired) electrons. The van der Waals surface area contributed by atoms with Crippen molar-refractivity contribution >= 4 is 0 Å². The Bertz CT molecular complexity index is 925. The van der Waals surface area contributed by atoms with Crippen LogP contribution in [-0.2, 0) is 0 Å². The highest BCUT2D eigenvalue weighted by molar-refractivity contribution is 5.32. The summed E-state index contributed by atoms with van der Waals surface area (Å²) >= 11 is 0. The summed E-state index contributed by atoms with van der Waals surface area (Å²) in [5.74, 6) is -0.0443. The number of hydrogen-bond acceptors (Lipinski definition) is 1. The largest absolute Gasteiger partial charge is 0.490 e. The van der Waals surface area contributed by atoms with Crippen LogP contribution < -0.4 is 4.74 Å². The minimum absolute atomic E-state index is 0.0428. The van der Waals surface area contributed by atoms with Gasteiger partial charge in [0, 0.05) is 0 Å². The van der Waals surface area contributed by atoms with Crippen LogP contribution in [0.5, 0.6) is 5.75 Å². The van der Waals surface area contributed by atoms with E-state index in [1.807, 2.05) is 25.1 Å². The van der Waals surface area contributed by atoms with Crippen LogP contribution in [0.25, 0.3) is 0 Å². The maximum absolute atomic E-state index is 15.1. The molecule has 0 unspecified atom stereocenters. The summed E-state index contributed by atoms with van der Waals surface area (Å²) in [5, 5.41) is 0. The zero-order valence-electron chi connectivity index (χ0n) is 20.0. The van der Waals surface area contributed by atoms with E-state index in [-0.39, 0.29) is 23.4 Å². The third-order valence-electron chi connectivity index (χ3n) is 7.97. The monoisotopic (exact) mass is 458 g/mol. The lowest BCUT2D eigenvalue weighted by Crippen LogP contribution is -2.21. The van der Waals surface area contributed by atoms with Gasteiger partial charge in [0.25, 0.3) is 0 Å². The van der Waals surface area contributed by atoms with Crippen molar-refractivity contribution in [3.63, 3.8) is 0 Å². The van der Waals surface area contributed by atoms with Gasteiger partial charge >= 0.3 is 0 Å². The highest BCUT2D eigenvalue weighted by atomic mass is 19.2. The summed E-state index contributed by atoms with van der Waals surface area (Å²) < 4.78 is 49.9. The van der Waals surface area contributed by atoms with Crippen molar-refractivity contribution in [2.75, 3.05) is 6.61 Å². The molecule has 0 saturated heterocycles. The Morgan fingerprint density at radius 3 is 1.82 bits per heavy atom. The fraction of sp³-hybridized carbons (Fsp3) is 0.586. The quantitative estimate of drug-likeness (QED) is 0.403. The lowest BCUT2D eigenvalue weighted by molar-refractivity contribution is 0.193. The lowest BCUT2D eigenvalue weighted by Gasteiger charge is -2.31. The van der Waals surface area contributed by atoms with Gasteiger partial charge in [0.2, 0.25) is 0 Å². The van der Waals surface area contributed by atoms with Crippen LogP contribution in [0, 0.1) is 36.2 Å². The first-order valence-corrected chi connectivity index (χ1v) is 12.8. The van der Waals surface area contributed by atoms with Gasteiger partial charge in [-0.2, -0.15) is 0 Å². The van der Waals surface area contributed by atoms with Gasteiger partial charge in [-0.3, -0.25) is 0 Å². The predicted molar refractivity (Wildman–Crippen MR) is 127 cm³/mol. The van der Waals surface area contributed by atoms with Gasteiger partial charge in [0.15, 0.2) is 23.2 Å². The molecule has 0 heterocycles. The Hall–Kier alpha value is -1.97. The summed E-state index contributed by atoms with van der Waals surface area (Å²) in [7, 11) is 0. The molecule has 180 valence electrons. The number of ether oxygens (including phenoxy) is 1. The third kappa shape index (κ3) is 5.75. The van der Waals surface area contributed by atoms with E-state index < -0.39 is 11.6 Å². The summed E-state index contributed by atoms with van der Waals surface area (Å²) in [6, 6.07) is 8.69. The normalized spacial score (nSPS) is 25.7. The van der Waals surface area contributed by atoms with Crippen LogP contribution in [0.15, 0.2) is 30.3 Å². The molecule has 2 aromatic rings. The van der Waals surface area contributed by atoms with E-state index in [4.69, 9.17) is 4.74 Å². The van der Waals surface area contributed by atoms with Crippen molar-refractivity contribution < 1.29 is 17.9 Å². The summed E-state index contributed by atoms with van der Waals surface area (Å²) in [5.41, 5.74) is 1.97. The van der Waals surface area contributed by atoms with Crippen molar-refractivity contribution in [2.24, 2.45) is 11.8 Å². The number of halogens is 3. The average molecular weight is 459 g/mol. The Kier molecular flexibility index (Phi) is 8.03. The van der Waals surface area contributed by atoms with Gasteiger partial charge < -0.3 is 4.74 Å². The van der Waals surface area contributed by atoms with Crippen LogP contribution in [0.4, 0.5) is 13.2 Å². The fourth-order valence-corrected chi connectivity index (χ4v) is 5.95. The molecule has 0 bridgehead atoms. The van der Waals surface area contributed by atoms with Crippen LogP contribution in [-0.4, -0.2) is 6.61 Å². The number of rotatable bonds is 7. The first kappa shape index (κ1) is 24.2. The molecule has 0 spiro atoms. The molecule has 2 saturated carbocycles. The van der Waals surface area contributed by atoms with E-state index in [9.17, 15) is 4.39 Å². The zero-order valence-corrected chi connectivity index (χ0v) is 20.0. The number of benzene rings is 2. The SMILES string of the molecule is CCCC1CCC(c2ccc(C3CCC(COc4ccc(C)cc4F)CC3)c(F)c2F)CC1. The Morgan fingerprint density at radius 2 is 1.30 bits per heavy atom. The Labute approximate surface area is 196 Å². The highest BCUT2D eigenvalue weighted by Gasteiger charge is 2.29. The minimum atomic E-state index is -0.635. The molecule has 2 aromatic carbocycles. The van der Waals surface area contributed by atoms with E-state index >= 15 is 8.78 Å². The molecule has 0 aromatic heterocycles. The van der Waals surface area contributed by atoms with Crippen molar-refractivity contribution in [3.8, 4) is 5.75 Å². The molecule has 1 nitrogen and oxygen atoms in total. The molecule has 33 heavy (non-hydrogen) atoms. The second kappa shape index (κ2) is 11.0. The first-order chi connectivity index (χ1) is 16.0. The van der Waals surface area contributed by atoms with Gasteiger partial charge in [-0.1, -0.05) is 38.0 Å². The van der Waals surface area contributed by atoms with Gasteiger partial charge in [-0.15, -0.1) is 0 Å². The van der Waals surface area contributed by atoms with Gasteiger partial charge in [0.1, 0.15) is 0 Å². The standard InChI is InChI=1S/C29H37F3O/c1-3-4-20-6-10-22(11-7-20)24-14-15-25(29(32)28(24)31)23-12-8-21(9-13-23)18-33-27-16-5-19(2)17-26(27)30/h5,14-17,20-23H,3-4,6-13,18H2,1-2H3. The molecule has 4 rings (SSSR count). The molecular weight excluding hydrogens is 421 g/mol. The van der Waals surface area contributed by atoms with E-state index in [1.54, 1.807) is 6.07 Å². The smallest absolute Gasteiger partial charge is 0.165 e. The maximum Gasteiger partial charge on any atom is 0.165 e. The maximum atomic E-state index is 15.1. The molecule has 0 aliphatic heterocycles. The molecule has 0 amide bonds. The van der Waals surface area contributed by atoms with Gasteiger partial charge in [0.05, 0.1) is 6.61 Å². The number of hydrogen-bond donors (Lipinski definition) is 0. The van der Waals surface area contributed by atoms with Crippen molar-refractivity contribution in [2.45, 2.75) is 89.9 Å².